The number of allylic oxidation sites excluding steroid dienone is 4. The molecule has 1 N–H and O–H groups in total. The van der Waals surface area contributed by atoms with E-state index >= 15 is 0 Å². The summed E-state index contributed by atoms with van der Waals surface area (Å²) in [5, 5.41) is 11.8. The number of fused-ring (bicyclic) bond motifs is 7. The van der Waals surface area contributed by atoms with Gasteiger partial charge in [-0.25, -0.2) is 4.85 Å². The molecular formula is C30H41NO3. The van der Waals surface area contributed by atoms with Crippen molar-refractivity contribution >= 4 is 11.6 Å². The van der Waals surface area contributed by atoms with Crippen LogP contribution in [0.3, 0.4) is 0 Å². The number of carbonyl (C=O) groups excluding carboxylic acids is 2. The summed E-state index contributed by atoms with van der Waals surface area (Å²) in [6.45, 7) is 23.0. The van der Waals surface area contributed by atoms with Gasteiger partial charge in [0.15, 0.2) is 11.6 Å². The number of aliphatic hydroxyl groups is 1. The van der Waals surface area contributed by atoms with Gasteiger partial charge in [0.25, 0.3) is 0 Å². The van der Waals surface area contributed by atoms with Gasteiger partial charge < -0.3 is 9.90 Å². The van der Waals surface area contributed by atoms with Crippen LogP contribution in [0.4, 0.5) is 0 Å². The van der Waals surface area contributed by atoms with Crippen LogP contribution in [0.5, 0.6) is 0 Å². The molecule has 0 amide bonds. The van der Waals surface area contributed by atoms with E-state index in [9.17, 15) is 14.7 Å². The Morgan fingerprint density at radius 1 is 1.00 bits per heavy atom. The summed E-state index contributed by atoms with van der Waals surface area (Å²) in [5.41, 5.74) is -0.976. The lowest BCUT2D eigenvalue weighted by atomic mass is 9.35. The average Bonchev–Trinajstić information content (AvgIpc) is 2.76. The lowest BCUT2D eigenvalue weighted by molar-refractivity contribution is -0.202. The molecule has 5 aliphatic carbocycles. The maximum atomic E-state index is 14.1. The van der Waals surface area contributed by atoms with Crippen LogP contribution in [-0.2, 0) is 9.59 Å². The molecule has 0 aromatic rings. The SMILES string of the molecule is [C-]#[N+]C1=C[C@]2(C)C3=CC(=O)[C@@H]4[C@@H]5[C@@H](C)[C@H](C)CC[C@]5(O)CC[C@@]4(C)[C@]3(C)CC[C@H]2C(C)(C)C1=O. The van der Waals surface area contributed by atoms with Gasteiger partial charge in [-0.3, -0.25) is 4.79 Å². The molecule has 0 unspecified atom stereocenters. The average molecular weight is 464 g/mol. The Balaban J connectivity index is 1.71. The second-order valence-electron chi connectivity index (χ2n) is 13.8. The zero-order valence-corrected chi connectivity index (χ0v) is 22.0. The second kappa shape index (κ2) is 6.94. The Hall–Kier alpha value is -1.73. The van der Waals surface area contributed by atoms with Crippen LogP contribution >= 0.6 is 0 Å². The first kappa shape index (κ1) is 24.0. The van der Waals surface area contributed by atoms with Crippen molar-refractivity contribution in [1.82, 2.24) is 0 Å². The zero-order chi connectivity index (χ0) is 25.1. The van der Waals surface area contributed by atoms with E-state index in [-0.39, 0.29) is 45.8 Å². The summed E-state index contributed by atoms with van der Waals surface area (Å²) in [4.78, 5) is 30.9. The standard InChI is InChI=1S/C30H41NO3/c1-17-9-12-30(34)14-13-29(7)24(23(30)18(17)2)20(32)15-22-27(5)16-19(31-8)25(33)26(3,4)21(27)10-11-28(22,29)6/h15-18,21,23-24,34H,9-14H2,1-7H3/t17-,18+,21+,23+,24-,27+,28-,29-,30+/m1/s1. The summed E-state index contributed by atoms with van der Waals surface area (Å²) in [6, 6.07) is 0. The molecule has 9 atom stereocenters. The molecule has 184 valence electrons. The normalized spacial score (nSPS) is 51.7. The molecule has 0 radical (unpaired) electrons. The van der Waals surface area contributed by atoms with E-state index in [1.807, 2.05) is 26.0 Å². The van der Waals surface area contributed by atoms with Crippen molar-refractivity contribution in [2.45, 2.75) is 92.6 Å². The first-order valence-electron chi connectivity index (χ1n) is 13.3. The summed E-state index contributed by atoms with van der Waals surface area (Å²) in [7, 11) is 0. The minimum atomic E-state index is -0.745. The van der Waals surface area contributed by atoms with Crippen LogP contribution in [0.25, 0.3) is 4.85 Å². The molecule has 3 fully saturated rings. The molecule has 0 aliphatic heterocycles. The fourth-order valence-electron chi connectivity index (χ4n) is 9.79. The molecule has 4 heteroatoms. The number of rotatable bonds is 0. The van der Waals surface area contributed by atoms with E-state index in [4.69, 9.17) is 6.57 Å². The molecule has 0 bridgehead atoms. The van der Waals surface area contributed by atoms with Gasteiger partial charge in [0.05, 0.1) is 12.2 Å². The molecule has 4 nitrogen and oxygen atoms in total. The fraction of sp³-hybridized carbons (Fsp3) is 0.767. The minimum Gasteiger partial charge on any atom is -0.390 e. The Morgan fingerprint density at radius 3 is 2.32 bits per heavy atom. The van der Waals surface area contributed by atoms with Crippen LogP contribution < -0.4 is 0 Å². The smallest absolute Gasteiger partial charge is 0.226 e. The molecular weight excluding hydrogens is 422 g/mol. The van der Waals surface area contributed by atoms with Gasteiger partial charge >= 0.3 is 0 Å². The summed E-state index contributed by atoms with van der Waals surface area (Å²) in [5.74, 6) is 0.779. The lowest BCUT2D eigenvalue weighted by Gasteiger charge is -2.69. The maximum absolute atomic E-state index is 14.1. The van der Waals surface area contributed by atoms with Gasteiger partial charge in [-0.2, -0.15) is 0 Å². The molecule has 34 heavy (non-hydrogen) atoms. The third-order valence-electron chi connectivity index (χ3n) is 12.2. The van der Waals surface area contributed by atoms with Gasteiger partial charge in [0.2, 0.25) is 5.70 Å². The van der Waals surface area contributed by atoms with Gasteiger partial charge in [-0.05, 0) is 73.2 Å². The van der Waals surface area contributed by atoms with Crippen molar-refractivity contribution in [3.63, 3.8) is 0 Å². The van der Waals surface area contributed by atoms with Crippen molar-refractivity contribution in [2.75, 3.05) is 0 Å². The Labute approximate surface area is 205 Å². The maximum Gasteiger partial charge on any atom is 0.226 e. The summed E-state index contributed by atoms with van der Waals surface area (Å²) < 4.78 is 0. The Morgan fingerprint density at radius 2 is 1.68 bits per heavy atom. The highest BCUT2D eigenvalue weighted by Crippen LogP contribution is 2.73. The molecule has 0 saturated heterocycles. The van der Waals surface area contributed by atoms with Crippen molar-refractivity contribution in [2.24, 2.45) is 51.2 Å². The predicted octanol–water partition coefficient (Wildman–Crippen LogP) is 6.16. The molecule has 5 rings (SSSR count). The van der Waals surface area contributed by atoms with Crippen molar-refractivity contribution < 1.29 is 14.7 Å². The van der Waals surface area contributed by atoms with Crippen molar-refractivity contribution in [3.05, 3.63) is 34.8 Å². The highest BCUT2D eigenvalue weighted by molar-refractivity contribution is 6.03. The van der Waals surface area contributed by atoms with Crippen molar-refractivity contribution in [3.8, 4) is 0 Å². The van der Waals surface area contributed by atoms with E-state index in [2.05, 4.69) is 39.5 Å². The monoisotopic (exact) mass is 463 g/mol. The van der Waals surface area contributed by atoms with Crippen molar-refractivity contribution in [1.29, 1.82) is 0 Å². The number of ketones is 2. The lowest BCUT2D eigenvalue weighted by Crippen LogP contribution is -2.67. The van der Waals surface area contributed by atoms with Crippen LogP contribution in [-0.4, -0.2) is 22.3 Å². The van der Waals surface area contributed by atoms with Crippen LogP contribution in [0.2, 0.25) is 0 Å². The predicted molar refractivity (Wildman–Crippen MR) is 132 cm³/mol. The minimum absolute atomic E-state index is 0.0126. The van der Waals surface area contributed by atoms with Crippen LogP contribution in [0.1, 0.15) is 87.0 Å². The number of nitrogens with zero attached hydrogens (tertiary/aromatic N) is 1. The first-order valence-corrected chi connectivity index (χ1v) is 13.3. The molecule has 0 aromatic heterocycles. The van der Waals surface area contributed by atoms with E-state index in [1.165, 1.54) is 0 Å². The number of hydrogen-bond donors (Lipinski definition) is 1. The quantitative estimate of drug-likeness (QED) is 0.438. The second-order valence-corrected chi connectivity index (χ2v) is 13.8. The number of Topliss-reactive ketones (excluding diaryl/α,β-unsaturated/α-hetero) is 1. The van der Waals surface area contributed by atoms with E-state index in [0.29, 0.717) is 11.8 Å². The zero-order valence-electron chi connectivity index (χ0n) is 22.0. The highest BCUT2D eigenvalue weighted by Gasteiger charge is 2.69. The summed E-state index contributed by atoms with van der Waals surface area (Å²) in [6.07, 6.45) is 9.08. The molecule has 0 heterocycles. The van der Waals surface area contributed by atoms with Crippen LogP contribution in [0, 0.1) is 57.8 Å². The molecule has 5 aliphatic rings. The first-order chi connectivity index (χ1) is 15.7. The fourth-order valence-corrected chi connectivity index (χ4v) is 9.79. The molecule has 3 saturated carbocycles. The van der Waals surface area contributed by atoms with Crippen LogP contribution in [0.15, 0.2) is 23.4 Å². The van der Waals surface area contributed by atoms with E-state index in [1.54, 1.807) is 0 Å². The van der Waals surface area contributed by atoms with E-state index < -0.39 is 16.4 Å². The van der Waals surface area contributed by atoms with Gasteiger partial charge in [-0.15, -0.1) is 0 Å². The van der Waals surface area contributed by atoms with Gasteiger partial charge in [0, 0.05) is 22.7 Å². The molecule has 0 aromatic carbocycles. The topological polar surface area (TPSA) is 58.7 Å². The summed E-state index contributed by atoms with van der Waals surface area (Å²) >= 11 is 0. The number of hydrogen-bond acceptors (Lipinski definition) is 3. The van der Waals surface area contributed by atoms with Gasteiger partial charge in [0.1, 0.15) is 0 Å². The van der Waals surface area contributed by atoms with E-state index in [0.717, 1.165) is 44.1 Å². The Bertz CT molecular complexity index is 1080. The number of carbonyl (C=O) groups is 2. The van der Waals surface area contributed by atoms with Gasteiger partial charge in [-0.1, -0.05) is 60.1 Å². The third-order valence-corrected chi connectivity index (χ3v) is 12.2. The Kier molecular flexibility index (Phi) is 4.89. The molecule has 0 spiro atoms. The highest BCUT2D eigenvalue weighted by atomic mass is 16.3. The third kappa shape index (κ3) is 2.63. The largest absolute Gasteiger partial charge is 0.390 e.